The van der Waals surface area contributed by atoms with Crippen LogP contribution in [-0.4, -0.2) is 23.8 Å². The topological polar surface area (TPSA) is 32.3 Å². The number of aliphatic hydroxyl groups excluding tert-OH is 1. The predicted octanol–water partition coefficient (Wildman–Crippen LogP) is 1.31. The third-order valence-corrected chi connectivity index (χ3v) is 1.65. The van der Waals surface area contributed by atoms with Gasteiger partial charge in [0, 0.05) is 12.1 Å². The molecule has 0 aliphatic carbocycles. The molecule has 0 radical (unpaired) electrons. The molecular weight excluding hydrogens is 138 g/mol. The molecule has 0 amide bonds. The van der Waals surface area contributed by atoms with Crippen molar-refractivity contribution in [3.05, 3.63) is 12.7 Å². The summed E-state index contributed by atoms with van der Waals surface area (Å²) < 4.78 is 0. The van der Waals surface area contributed by atoms with Gasteiger partial charge in [0.25, 0.3) is 0 Å². The van der Waals surface area contributed by atoms with Gasteiger partial charge in [-0.05, 0) is 26.7 Å². The Morgan fingerprint density at radius 1 is 1.45 bits per heavy atom. The summed E-state index contributed by atoms with van der Waals surface area (Å²) in [6.45, 7) is 7.96. The molecule has 0 aromatic carbocycles. The summed E-state index contributed by atoms with van der Waals surface area (Å²) in [5, 5.41) is 12.0. The summed E-state index contributed by atoms with van der Waals surface area (Å²) in [5.74, 6) is 0. The van der Waals surface area contributed by atoms with Crippen LogP contribution in [0.4, 0.5) is 0 Å². The monoisotopic (exact) mass is 157 g/mol. The zero-order valence-corrected chi connectivity index (χ0v) is 7.51. The van der Waals surface area contributed by atoms with Crippen molar-refractivity contribution in [2.45, 2.75) is 38.8 Å². The Balaban J connectivity index is 3.34. The number of allylic oxidation sites excluding steroid dienone is 1. The van der Waals surface area contributed by atoms with Gasteiger partial charge in [-0.1, -0.05) is 6.08 Å². The van der Waals surface area contributed by atoms with E-state index in [1.165, 1.54) is 0 Å². The third kappa shape index (κ3) is 6.07. The molecule has 11 heavy (non-hydrogen) atoms. The summed E-state index contributed by atoms with van der Waals surface area (Å²) in [7, 11) is 0. The summed E-state index contributed by atoms with van der Waals surface area (Å²) in [5.41, 5.74) is 0. The van der Waals surface area contributed by atoms with Gasteiger partial charge < -0.3 is 10.4 Å². The van der Waals surface area contributed by atoms with Crippen LogP contribution in [0.2, 0.25) is 0 Å². The normalized spacial score (nSPS) is 15.9. The van der Waals surface area contributed by atoms with Crippen molar-refractivity contribution in [3.63, 3.8) is 0 Å². The molecule has 0 aliphatic rings. The fraction of sp³-hybridized carbons (Fsp3) is 0.778. The van der Waals surface area contributed by atoms with Gasteiger partial charge in [0.05, 0.1) is 6.61 Å². The second-order valence-corrected chi connectivity index (χ2v) is 3.02. The highest BCUT2D eigenvalue weighted by Gasteiger charge is 2.03. The lowest BCUT2D eigenvalue weighted by atomic mass is 10.1. The first kappa shape index (κ1) is 10.7. The van der Waals surface area contributed by atoms with E-state index in [0.29, 0.717) is 6.04 Å². The lowest BCUT2D eigenvalue weighted by molar-refractivity contribution is 0.241. The second-order valence-electron chi connectivity index (χ2n) is 3.02. The second kappa shape index (κ2) is 6.38. The summed E-state index contributed by atoms with van der Waals surface area (Å²) in [4.78, 5) is 0. The van der Waals surface area contributed by atoms with E-state index in [0.717, 1.165) is 12.8 Å². The van der Waals surface area contributed by atoms with Gasteiger partial charge in [-0.3, -0.25) is 0 Å². The van der Waals surface area contributed by atoms with Gasteiger partial charge in [-0.15, -0.1) is 6.58 Å². The molecule has 2 N–H and O–H groups in total. The Bertz CT molecular complexity index is 104. The van der Waals surface area contributed by atoms with E-state index >= 15 is 0 Å². The molecule has 0 aromatic rings. The molecule has 0 aromatic heterocycles. The van der Waals surface area contributed by atoms with E-state index in [-0.39, 0.29) is 12.6 Å². The van der Waals surface area contributed by atoms with Gasteiger partial charge in [-0.2, -0.15) is 0 Å². The van der Waals surface area contributed by atoms with E-state index in [9.17, 15) is 0 Å². The van der Waals surface area contributed by atoms with Gasteiger partial charge in [0.1, 0.15) is 0 Å². The maximum absolute atomic E-state index is 8.73. The van der Waals surface area contributed by atoms with Crippen molar-refractivity contribution in [2.75, 3.05) is 6.61 Å². The molecule has 0 spiro atoms. The van der Waals surface area contributed by atoms with Crippen molar-refractivity contribution in [1.82, 2.24) is 5.32 Å². The average molecular weight is 157 g/mol. The summed E-state index contributed by atoms with van der Waals surface area (Å²) in [6.07, 6.45) is 4.04. The standard InChI is InChI=1S/C9H19NO/c1-4-5-6-8(2)10-9(3)7-11/h4,8-11H,1,5-7H2,2-3H3. The Hall–Kier alpha value is -0.340. The van der Waals surface area contributed by atoms with Gasteiger partial charge in [-0.25, -0.2) is 0 Å². The molecule has 0 heterocycles. The average Bonchev–Trinajstić information content (AvgIpc) is 2.00. The molecule has 66 valence electrons. The van der Waals surface area contributed by atoms with Crippen molar-refractivity contribution in [1.29, 1.82) is 0 Å². The fourth-order valence-corrected chi connectivity index (χ4v) is 0.990. The smallest absolute Gasteiger partial charge is 0.0582 e. The van der Waals surface area contributed by atoms with Crippen LogP contribution in [0.1, 0.15) is 26.7 Å². The van der Waals surface area contributed by atoms with Crippen LogP contribution in [0.3, 0.4) is 0 Å². The zero-order chi connectivity index (χ0) is 8.69. The van der Waals surface area contributed by atoms with Crippen LogP contribution in [0.5, 0.6) is 0 Å². The molecule has 2 unspecified atom stereocenters. The highest BCUT2D eigenvalue weighted by Crippen LogP contribution is 1.97. The van der Waals surface area contributed by atoms with E-state index in [1.807, 2.05) is 13.0 Å². The van der Waals surface area contributed by atoms with Gasteiger partial charge >= 0.3 is 0 Å². The molecule has 2 nitrogen and oxygen atoms in total. The van der Waals surface area contributed by atoms with E-state index in [1.54, 1.807) is 0 Å². The molecule has 0 saturated heterocycles. The predicted molar refractivity (Wildman–Crippen MR) is 48.6 cm³/mol. The van der Waals surface area contributed by atoms with Crippen molar-refractivity contribution < 1.29 is 5.11 Å². The lowest BCUT2D eigenvalue weighted by Crippen LogP contribution is -2.36. The number of rotatable bonds is 6. The summed E-state index contributed by atoms with van der Waals surface area (Å²) >= 11 is 0. The minimum Gasteiger partial charge on any atom is -0.395 e. The van der Waals surface area contributed by atoms with Crippen molar-refractivity contribution >= 4 is 0 Å². The van der Waals surface area contributed by atoms with Gasteiger partial charge in [0.15, 0.2) is 0 Å². The molecule has 0 aliphatic heterocycles. The maximum Gasteiger partial charge on any atom is 0.0582 e. The highest BCUT2D eigenvalue weighted by molar-refractivity contribution is 4.72. The maximum atomic E-state index is 8.73. The zero-order valence-electron chi connectivity index (χ0n) is 7.51. The first-order chi connectivity index (χ1) is 5.20. The first-order valence-electron chi connectivity index (χ1n) is 4.18. The number of hydrogen-bond donors (Lipinski definition) is 2. The number of aliphatic hydroxyl groups is 1. The SMILES string of the molecule is C=CCCC(C)NC(C)CO. The first-order valence-corrected chi connectivity index (χ1v) is 4.18. The van der Waals surface area contributed by atoms with Gasteiger partial charge in [0.2, 0.25) is 0 Å². The van der Waals surface area contributed by atoms with Crippen LogP contribution >= 0.6 is 0 Å². The van der Waals surface area contributed by atoms with Crippen LogP contribution < -0.4 is 5.32 Å². The molecule has 0 fully saturated rings. The third-order valence-electron chi connectivity index (χ3n) is 1.65. The number of nitrogens with one attached hydrogen (secondary N) is 1. The molecule has 0 rings (SSSR count). The molecule has 0 saturated carbocycles. The molecule has 2 atom stereocenters. The largest absolute Gasteiger partial charge is 0.395 e. The Morgan fingerprint density at radius 3 is 2.55 bits per heavy atom. The highest BCUT2D eigenvalue weighted by atomic mass is 16.3. The Kier molecular flexibility index (Phi) is 6.18. The van der Waals surface area contributed by atoms with E-state index in [2.05, 4.69) is 18.8 Å². The van der Waals surface area contributed by atoms with Crippen LogP contribution in [0, 0.1) is 0 Å². The van der Waals surface area contributed by atoms with E-state index in [4.69, 9.17) is 5.11 Å². The molecular formula is C9H19NO. The van der Waals surface area contributed by atoms with Crippen molar-refractivity contribution in [3.8, 4) is 0 Å². The lowest BCUT2D eigenvalue weighted by Gasteiger charge is -2.17. The minimum absolute atomic E-state index is 0.204. The van der Waals surface area contributed by atoms with E-state index < -0.39 is 0 Å². The minimum atomic E-state index is 0.204. The molecule has 0 bridgehead atoms. The number of hydrogen-bond acceptors (Lipinski definition) is 2. The Labute approximate surface area is 69.3 Å². The quantitative estimate of drug-likeness (QED) is 0.570. The van der Waals surface area contributed by atoms with Crippen LogP contribution in [0.25, 0.3) is 0 Å². The summed E-state index contributed by atoms with van der Waals surface area (Å²) in [6, 6.07) is 0.671. The van der Waals surface area contributed by atoms with Crippen LogP contribution in [0.15, 0.2) is 12.7 Å². The van der Waals surface area contributed by atoms with Crippen molar-refractivity contribution in [2.24, 2.45) is 0 Å². The fourth-order valence-electron chi connectivity index (χ4n) is 0.990. The Morgan fingerprint density at radius 2 is 2.09 bits per heavy atom. The van der Waals surface area contributed by atoms with Crippen LogP contribution in [-0.2, 0) is 0 Å². The molecule has 2 heteroatoms.